The van der Waals surface area contributed by atoms with Crippen molar-refractivity contribution in [2.24, 2.45) is 12.8 Å². The fourth-order valence-corrected chi connectivity index (χ4v) is 2.10. The molecule has 0 aliphatic rings. The van der Waals surface area contributed by atoms with Crippen LogP contribution in [0.1, 0.15) is 34.6 Å². The predicted octanol–water partition coefficient (Wildman–Crippen LogP) is 1.83. The standard InChI is InChI=1S/C15H20N4O.ClH/c1-3-14-12(10-19(2)18-14)15(20)17-9-13(16)11-7-5-4-6-8-11;/h4-8,10,13H,3,9,16H2,1-2H3,(H,17,20);1H. The van der Waals surface area contributed by atoms with Crippen LogP contribution in [0, 0.1) is 0 Å². The summed E-state index contributed by atoms with van der Waals surface area (Å²) >= 11 is 0. The van der Waals surface area contributed by atoms with Crippen molar-refractivity contribution in [2.75, 3.05) is 6.54 Å². The third kappa shape index (κ3) is 4.31. The molecule has 5 nitrogen and oxygen atoms in total. The van der Waals surface area contributed by atoms with E-state index in [1.165, 1.54) is 0 Å². The number of hydrogen-bond donors (Lipinski definition) is 2. The van der Waals surface area contributed by atoms with Gasteiger partial charge in [0, 0.05) is 25.8 Å². The maximum Gasteiger partial charge on any atom is 0.254 e. The number of nitrogens with two attached hydrogens (primary N) is 1. The molecule has 2 aromatic rings. The van der Waals surface area contributed by atoms with E-state index >= 15 is 0 Å². The monoisotopic (exact) mass is 308 g/mol. The summed E-state index contributed by atoms with van der Waals surface area (Å²) in [6.45, 7) is 2.38. The fourth-order valence-electron chi connectivity index (χ4n) is 2.10. The SMILES string of the molecule is CCc1nn(C)cc1C(=O)NCC(N)c1ccccc1.Cl. The quantitative estimate of drug-likeness (QED) is 0.885. The minimum absolute atomic E-state index is 0. The highest BCUT2D eigenvalue weighted by Gasteiger charge is 2.15. The molecule has 0 saturated carbocycles. The summed E-state index contributed by atoms with van der Waals surface area (Å²) in [5, 5.41) is 7.13. The van der Waals surface area contributed by atoms with E-state index < -0.39 is 0 Å². The van der Waals surface area contributed by atoms with E-state index in [2.05, 4.69) is 10.4 Å². The zero-order valence-electron chi connectivity index (χ0n) is 12.2. The molecule has 0 fully saturated rings. The van der Waals surface area contributed by atoms with Crippen molar-refractivity contribution in [2.45, 2.75) is 19.4 Å². The van der Waals surface area contributed by atoms with Crippen LogP contribution in [0.5, 0.6) is 0 Å². The first-order valence-corrected chi connectivity index (χ1v) is 6.73. The van der Waals surface area contributed by atoms with E-state index in [9.17, 15) is 4.79 Å². The molecule has 1 atom stereocenters. The maximum atomic E-state index is 12.2. The molecule has 1 amide bonds. The van der Waals surface area contributed by atoms with Crippen LogP contribution < -0.4 is 11.1 Å². The molecule has 0 spiro atoms. The summed E-state index contributed by atoms with van der Waals surface area (Å²) in [4.78, 5) is 12.2. The van der Waals surface area contributed by atoms with Gasteiger partial charge in [-0.3, -0.25) is 9.48 Å². The Bertz CT molecular complexity index is 583. The van der Waals surface area contributed by atoms with Crippen molar-refractivity contribution in [3.8, 4) is 0 Å². The summed E-state index contributed by atoms with van der Waals surface area (Å²) in [7, 11) is 1.81. The number of benzene rings is 1. The molecule has 1 aromatic heterocycles. The van der Waals surface area contributed by atoms with E-state index in [1.807, 2.05) is 44.3 Å². The first-order valence-electron chi connectivity index (χ1n) is 6.73. The Labute approximate surface area is 130 Å². The Morgan fingerprint density at radius 2 is 2.05 bits per heavy atom. The number of nitrogens with zero attached hydrogens (tertiary/aromatic N) is 2. The Balaban J connectivity index is 0.00000220. The lowest BCUT2D eigenvalue weighted by atomic mass is 10.1. The van der Waals surface area contributed by atoms with Gasteiger partial charge in [-0.05, 0) is 12.0 Å². The lowest BCUT2D eigenvalue weighted by Gasteiger charge is -2.13. The number of nitrogens with one attached hydrogen (secondary N) is 1. The van der Waals surface area contributed by atoms with E-state index in [1.54, 1.807) is 10.9 Å². The van der Waals surface area contributed by atoms with Gasteiger partial charge >= 0.3 is 0 Å². The number of aromatic nitrogens is 2. The van der Waals surface area contributed by atoms with Crippen LogP contribution in [0.2, 0.25) is 0 Å². The van der Waals surface area contributed by atoms with Gasteiger partial charge in [0.05, 0.1) is 11.3 Å². The van der Waals surface area contributed by atoms with E-state index in [4.69, 9.17) is 5.73 Å². The van der Waals surface area contributed by atoms with Crippen molar-refractivity contribution >= 4 is 18.3 Å². The molecule has 0 bridgehead atoms. The highest BCUT2D eigenvalue weighted by atomic mass is 35.5. The van der Waals surface area contributed by atoms with Gasteiger partial charge in [-0.15, -0.1) is 12.4 Å². The van der Waals surface area contributed by atoms with Crippen LogP contribution in [0.4, 0.5) is 0 Å². The Morgan fingerprint density at radius 3 is 2.67 bits per heavy atom. The Kier molecular flexibility index (Phi) is 6.39. The third-order valence-electron chi connectivity index (χ3n) is 3.20. The molecule has 21 heavy (non-hydrogen) atoms. The molecule has 0 radical (unpaired) electrons. The molecule has 2 rings (SSSR count). The minimum atomic E-state index is -0.207. The zero-order chi connectivity index (χ0) is 14.5. The number of carbonyl (C=O) groups excluding carboxylic acids is 1. The molecule has 6 heteroatoms. The van der Waals surface area contributed by atoms with Gasteiger partial charge in [-0.1, -0.05) is 37.3 Å². The lowest BCUT2D eigenvalue weighted by Crippen LogP contribution is -2.32. The molecular formula is C15H21ClN4O. The second-order valence-corrected chi connectivity index (χ2v) is 4.74. The zero-order valence-corrected chi connectivity index (χ0v) is 13.1. The smallest absolute Gasteiger partial charge is 0.254 e. The minimum Gasteiger partial charge on any atom is -0.350 e. The summed E-state index contributed by atoms with van der Waals surface area (Å²) in [5.41, 5.74) is 8.50. The number of aryl methyl sites for hydroxylation is 2. The molecular weight excluding hydrogens is 288 g/mol. The van der Waals surface area contributed by atoms with Gasteiger partial charge in [0.15, 0.2) is 0 Å². The molecule has 0 saturated heterocycles. The van der Waals surface area contributed by atoms with E-state index in [0.717, 1.165) is 17.7 Å². The average Bonchev–Trinajstić information content (AvgIpc) is 2.86. The average molecular weight is 309 g/mol. The largest absolute Gasteiger partial charge is 0.350 e. The molecule has 1 aromatic carbocycles. The Morgan fingerprint density at radius 1 is 1.38 bits per heavy atom. The second kappa shape index (κ2) is 7.81. The molecule has 0 aliphatic heterocycles. The van der Waals surface area contributed by atoms with Crippen molar-refractivity contribution in [1.82, 2.24) is 15.1 Å². The van der Waals surface area contributed by atoms with Crippen LogP contribution in [0.25, 0.3) is 0 Å². The van der Waals surface area contributed by atoms with Crippen LogP contribution in [-0.2, 0) is 13.5 Å². The second-order valence-electron chi connectivity index (χ2n) is 4.74. The van der Waals surface area contributed by atoms with Gasteiger partial charge in [-0.25, -0.2) is 0 Å². The van der Waals surface area contributed by atoms with Gasteiger partial charge in [0.1, 0.15) is 0 Å². The van der Waals surface area contributed by atoms with Gasteiger partial charge in [-0.2, -0.15) is 5.10 Å². The fraction of sp³-hybridized carbons (Fsp3) is 0.333. The number of halogens is 1. The Hall–Kier alpha value is -1.85. The van der Waals surface area contributed by atoms with Gasteiger partial charge in [0.2, 0.25) is 0 Å². The normalized spacial score (nSPS) is 11.6. The number of carbonyl (C=O) groups is 1. The summed E-state index contributed by atoms with van der Waals surface area (Å²) < 4.78 is 1.66. The molecule has 3 N–H and O–H groups in total. The third-order valence-corrected chi connectivity index (χ3v) is 3.20. The molecule has 1 unspecified atom stereocenters. The van der Waals surface area contributed by atoms with E-state index in [0.29, 0.717) is 12.1 Å². The van der Waals surface area contributed by atoms with Crippen LogP contribution >= 0.6 is 12.4 Å². The summed E-state index contributed by atoms with van der Waals surface area (Å²) in [6, 6.07) is 9.52. The topological polar surface area (TPSA) is 72.9 Å². The van der Waals surface area contributed by atoms with Crippen molar-refractivity contribution in [3.05, 3.63) is 53.3 Å². The predicted molar refractivity (Wildman–Crippen MR) is 85.5 cm³/mol. The number of rotatable bonds is 5. The highest BCUT2D eigenvalue weighted by molar-refractivity contribution is 5.95. The first kappa shape index (κ1) is 17.2. The van der Waals surface area contributed by atoms with Gasteiger partial charge in [0.25, 0.3) is 5.91 Å². The molecule has 114 valence electrons. The summed E-state index contributed by atoms with van der Waals surface area (Å²) in [6.07, 6.45) is 2.47. The van der Waals surface area contributed by atoms with E-state index in [-0.39, 0.29) is 24.4 Å². The van der Waals surface area contributed by atoms with Crippen molar-refractivity contribution in [3.63, 3.8) is 0 Å². The maximum absolute atomic E-state index is 12.2. The van der Waals surface area contributed by atoms with Gasteiger partial charge < -0.3 is 11.1 Å². The number of hydrogen-bond acceptors (Lipinski definition) is 3. The van der Waals surface area contributed by atoms with Crippen LogP contribution in [0.3, 0.4) is 0 Å². The van der Waals surface area contributed by atoms with Crippen LogP contribution in [0.15, 0.2) is 36.5 Å². The molecule has 0 aliphatic carbocycles. The van der Waals surface area contributed by atoms with Crippen molar-refractivity contribution < 1.29 is 4.79 Å². The molecule has 1 heterocycles. The van der Waals surface area contributed by atoms with Crippen molar-refractivity contribution in [1.29, 1.82) is 0 Å². The van der Waals surface area contributed by atoms with Crippen LogP contribution in [-0.4, -0.2) is 22.2 Å². The first-order chi connectivity index (χ1) is 9.61. The summed E-state index contributed by atoms with van der Waals surface area (Å²) in [5.74, 6) is -0.124. The lowest BCUT2D eigenvalue weighted by molar-refractivity contribution is 0.0950. The number of amides is 1. The highest BCUT2D eigenvalue weighted by Crippen LogP contribution is 2.10.